The number of rotatable bonds is 5. The average molecular weight is 296 g/mol. The molecular weight excluding hydrogens is 281 g/mol. The number of ether oxygens (including phenoxy) is 1. The molecule has 1 aromatic carbocycles. The molecule has 0 saturated heterocycles. The molecule has 0 unspecified atom stereocenters. The minimum Gasteiger partial charge on any atom is -0.476 e. The lowest BCUT2D eigenvalue weighted by atomic mass is 10.3. The van der Waals surface area contributed by atoms with E-state index >= 15 is 0 Å². The van der Waals surface area contributed by atoms with Crippen molar-refractivity contribution in [2.24, 2.45) is 0 Å². The molecule has 0 radical (unpaired) electrons. The van der Waals surface area contributed by atoms with Crippen LogP contribution >= 0.6 is 11.6 Å². The standard InChI is InChI=1S/C14H15ClFN3O/c1-2-5-20-14-12(17)3-4-13(19-14)18-11-7-9(15)6-10(16)8-11/h3-4,6-8H,2,5,17H2,1H3,(H,18,19). The molecule has 0 aliphatic heterocycles. The Morgan fingerprint density at radius 1 is 1.35 bits per heavy atom. The molecule has 0 bridgehead atoms. The van der Waals surface area contributed by atoms with E-state index in [1.54, 1.807) is 18.2 Å². The maximum atomic E-state index is 13.3. The van der Waals surface area contributed by atoms with Crippen molar-refractivity contribution in [3.05, 3.63) is 41.2 Å². The largest absolute Gasteiger partial charge is 0.476 e. The molecular formula is C14H15ClFN3O. The van der Waals surface area contributed by atoms with E-state index < -0.39 is 5.82 Å². The van der Waals surface area contributed by atoms with Gasteiger partial charge in [-0.1, -0.05) is 18.5 Å². The molecule has 2 rings (SSSR count). The normalized spacial score (nSPS) is 10.3. The van der Waals surface area contributed by atoms with Crippen molar-refractivity contribution in [2.45, 2.75) is 13.3 Å². The lowest BCUT2D eigenvalue weighted by Gasteiger charge is -2.10. The molecule has 3 N–H and O–H groups in total. The molecule has 0 spiro atoms. The van der Waals surface area contributed by atoms with Crippen molar-refractivity contribution in [1.29, 1.82) is 0 Å². The molecule has 0 saturated carbocycles. The Labute approximate surface area is 121 Å². The van der Waals surface area contributed by atoms with Crippen molar-refractivity contribution < 1.29 is 9.13 Å². The van der Waals surface area contributed by atoms with E-state index in [0.717, 1.165) is 6.42 Å². The molecule has 0 amide bonds. The monoisotopic (exact) mass is 295 g/mol. The summed E-state index contributed by atoms with van der Waals surface area (Å²) in [6, 6.07) is 7.54. The lowest BCUT2D eigenvalue weighted by Crippen LogP contribution is -2.03. The second-order valence-corrected chi connectivity index (χ2v) is 4.66. The number of benzene rings is 1. The summed E-state index contributed by atoms with van der Waals surface area (Å²) in [5.74, 6) is 0.448. The summed E-state index contributed by atoms with van der Waals surface area (Å²) in [5.41, 5.74) is 6.74. The highest BCUT2D eigenvalue weighted by molar-refractivity contribution is 6.30. The number of hydrogen-bond donors (Lipinski definition) is 2. The Balaban J connectivity index is 2.20. The fourth-order valence-electron chi connectivity index (χ4n) is 1.61. The van der Waals surface area contributed by atoms with Gasteiger partial charge >= 0.3 is 0 Å². The topological polar surface area (TPSA) is 60.2 Å². The number of nitrogens with zero attached hydrogens (tertiary/aromatic N) is 1. The first-order valence-electron chi connectivity index (χ1n) is 6.21. The fourth-order valence-corrected chi connectivity index (χ4v) is 1.83. The number of aromatic nitrogens is 1. The first kappa shape index (κ1) is 14.4. The van der Waals surface area contributed by atoms with Gasteiger partial charge in [-0.25, -0.2) is 4.39 Å². The zero-order valence-corrected chi connectivity index (χ0v) is 11.7. The van der Waals surface area contributed by atoms with Crippen molar-refractivity contribution >= 4 is 28.8 Å². The zero-order valence-electron chi connectivity index (χ0n) is 11.0. The Morgan fingerprint density at radius 3 is 2.85 bits per heavy atom. The van der Waals surface area contributed by atoms with Gasteiger partial charge in [-0.15, -0.1) is 0 Å². The highest BCUT2D eigenvalue weighted by atomic mass is 35.5. The maximum Gasteiger partial charge on any atom is 0.239 e. The summed E-state index contributed by atoms with van der Waals surface area (Å²) in [5, 5.41) is 3.27. The number of nitrogens with one attached hydrogen (secondary N) is 1. The van der Waals surface area contributed by atoms with Crippen LogP contribution in [-0.4, -0.2) is 11.6 Å². The molecule has 4 nitrogen and oxygen atoms in total. The van der Waals surface area contributed by atoms with Crippen LogP contribution in [0.15, 0.2) is 30.3 Å². The maximum absolute atomic E-state index is 13.3. The number of halogens is 2. The first-order valence-corrected chi connectivity index (χ1v) is 6.58. The average Bonchev–Trinajstić information content (AvgIpc) is 2.38. The Hall–Kier alpha value is -2.01. The van der Waals surface area contributed by atoms with Crippen LogP contribution in [0.2, 0.25) is 5.02 Å². The van der Waals surface area contributed by atoms with Gasteiger partial charge < -0.3 is 15.8 Å². The number of anilines is 3. The fraction of sp³-hybridized carbons (Fsp3) is 0.214. The minimum absolute atomic E-state index is 0.311. The van der Waals surface area contributed by atoms with Gasteiger partial charge in [0.05, 0.1) is 12.3 Å². The zero-order chi connectivity index (χ0) is 14.5. The van der Waals surface area contributed by atoms with Crippen LogP contribution in [0.1, 0.15) is 13.3 Å². The second kappa shape index (κ2) is 6.43. The third-order valence-corrected chi connectivity index (χ3v) is 2.69. The van der Waals surface area contributed by atoms with Gasteiger partial charge in [0.1, 0.15) is 11.6 Å². The van der Waals surface area contributed by atoms with Crippen LogP contribution in [0, 0.1) is 5.82 Å². The second-order valence-electron chi connectivity index (χ2n) is 4.22. The van der Waals surface area contributed by atoms with E-state index in [2.05, 4.69) is 10.3 Å². The van der Waals surface area contributed by atoms with Crippen LogP contribution in [0.3, 0.4) is 0 Å². The summed E-state index contributed by atoms with van der Waals surface area (Å²) >= 11 is 5.80. The highest BCUT2D eigenvalue weighted by Gasteiger charge is 2.06. The van der Waals surface area contributed by atoms with E-state index in [9.17, 15) is 4.39 Å². The molecule has 1 aromatic heterocycles. The van der Waals surface area contributed by atoms with Crippen molar-refractivity contribution in [2.75, 3.05) is 17.7 Å². The molecule has 2 aromatic rings. The quantitative estimate of drug-likeness (QED) is 0.875. The Morgan fingerprint density at radius 2 is 2.15 bits per heavy atom. The smallest absolute Gasteiger partial charge is 0.239 e. The van der Waals surface area contributed by atoms with Crippen molar-refractivity contribution in [3.63, 3.8) is 0 Å². The summed E-state index contributed by atoms with van der Waals surface area (Å²) in [6.45, 7) is 2.53. The molecule has 0 fully saturated rings. The third kappa shape index (κ3) is 3.74. The molecule has 106 valence electrons. The predicted molar refractivity (Wildman–Crippen MR) is 79.1 cm³/mol. The van der Waals surface area contributed by atoms with Crippen LogP contribution in [0.4, 0.5) is 21.6 Å². The van der Waals surface area contributed by atoms with Gasteiger partial charge in [-0.05, 0) is 36.8 Å². The van der Waals surface area contributed by atoms with Gasteiger partial charge in [-0.3, -0.25) is 0 Å². The molecule has 6 heteroatoms. The van der Waals surface area contributed by atoms with Crippen molar-refractivity contribution in [3.8, 4) is 5.88 Å². The highest BCUT2D eigenvalue weighted by Crippen LogP contribution is 2.25. The van der Waals surface area contributed by atoms with E-state index in [0.29, 0.717) is 34.7 Å². The van der Waals surface area contributed by atoms with E-state index in [4.69, 9.17) is 22.1 Å². The third-order valence-electron chi connectivity index (χ3n) is 2.47. The summed E-state index contributed by atoms with van der Waals surface area (Å²) in [4.78, 5) is 4.24. The number of nitrogen functional groups attached to an aromatic ring is 1. The van der Waals surface area contributed by atoms with E-state index in [1.807, 2.05) is 6.92 Å². The predicted octanol–water partition coefficient (Wildman–Crippen LogP) is 3.99. The SMILES string of the molecule is CCCOc1nc(Nc2cc(F)cc(Cl)c2)ccc1N. The molecule has 0 atom stereocenters. The van der Waals surface area contributed by atoms with Gasteiger partial charge in [0.2, 0.25) is 5.88 Å². The molecule has 1 heterocycles. The Bertz CT molecular complexity index is 587. The number of pyridine rings is 1. The van der Waals surface area contributed by atoms with Crippen LogP contribution in [0.25, 0.3) is 0 Å². The lowest BCUT2D eigenvalue weighted by molar-refractivity contribution is 0.307. The van der Waals surface area contributed by atoms with Gasteiger partial charge in [0.15, 0.2) is 0 Å². The van der Waals surface area contributed by atoms with Gasteiger partial charge in [-0.2, -0.15) is 4.98 Å². The van der Waals surface area contributed by atoms with Crippen LogP contribution in [-0.2, 0) is 0 Å². The molecule has 20 heavy (non-hydrogen) atoms. The summed E-state index contributed by atoms with van der Waals surface area (Å²) in [6.07, 6.45) is 0.859. The van der Waals surface area contributed by atoms with E-state index in [-0.39, 0.29) is 0 Å². The summed E-state index contributed by atoms with van der Waals surface area (Å²) in [7, 11) is 0. The summed E-state index contributed by atoms with van der Waals surface area (Å²) < 4.78 is 18.7. The van der Waals surface area contributed by atoms with Gasteiger partial charge in [0, 0.05) is 10.7 Å². The Kier molecular flexibility index (Phi) is 4.63. The number of hydrogen-bond acceptors (Lipinski definition) is 4. The molecule has 0 aliphatic carbocycles. The van der Waals surface area contributed by atoms with Gasteiger partial charge in [0.25, 0.3) is 0 Å². The van der Waals surface area contributed by atoms with E-state index in [1.165, 1.54) is 12.1 Å². The molecule has 0 aliphatic rings. The van der Waals surface area contributed by atoms with Crippen molar-refractivity contribution in [1.82, 2.24) is 4.98 Å². The van der Waals surface area contributed by atoms with Crippen LogP contribution < -0.4 is 15.8 Å². The van der Waals surface area contributed by atoms with Crippen LogP contribution in [0.5, 0.6) is 5.88 Å². The number of nitrogens with two attached hydrogens (primary N) is 1. The minimum atomic E-state index is -0.419. The first-order chi connectivity index (χ1) is 9.58.